The Labute approximate surface area is 147 Å². The average Bonchev–Trinajstić information content (AvgIpc) is 2.95. The Balaban J connectivity index is 1.67. The molecule has 2 heteroatoms. The van der Waals surface area contributed by atoms with Crippen molar-refractivity contribution in [2.24, 2.45) is 40.4 Å². The summed E-state index contributed by atoms with van der Waals surface area (Å²) < 4.78 is 0. The second kappa shape index (κ2) is 5.69. The van der Waals surface area contributed by atoms with E-state index in [9.17, 15) is 9.90 Å². The Morgan fingerprint density at radius 3 is 2.58 bits per heavy atom. The van der Waals surface area contributed by atoms with Crippen LogP contribution in [0.5, 0.6) is 0 Å². The second-order valence-electron chi connectivity index (χ2n) is 9.64. The minimum atomic E-state index is -0.0969. The van der Waals surface area contributed by atoms with Crippen LogP contribution in [0, 0.1) is 40.4 Å². The summed E-state index contributed by atoms with van der Waals surface area (Å²) in [6, 6.07) is 0. The number of rotatable bonds is 2. The molecule has 0 radical (unpaired) electrons. The van der Waals surface area contributed by atoms with Gasteiger partial charge in [-0.2, -0.15) is 0 Å². The van der Waals surface area contributed by atoms with Crippen molar-refractivity contribution in [2.75, 3.05) is 0 Å². The van der Waals surface area contributed by atoms with E-state index in [4.69, 9.17) is 0 Å². The molecule has 134 valence electrons. The fourth-order valence-electron chi connectivity index (χ4n) is 7.98. The maximum atomic E-state index is 12.8. The van der Waals surface area contributed by atoms with E-state index in [2.05, 4.69) is 19.6 Å². The summed E-state index contributed by atoms with van der Waals surface area (Å²) in [5.41, 5.74) is 0.303. The van der Waals surface area contributed by atoms with Crippen LogP contribution in [0.15, 0.2) is 12.7 Å². The number of allylic oxidation sites excluding steroid dienone is 1. The molecule has 4 rings (SSSR count). The highest BCUT2D eigenvalue weighted by Crippen LogP contribution is 2.67. The van der Waals surface area contributed by atoms with Gasteiger partial charge in [0.15, 0.2) is 0 Å². The van der Waals surface area contributed by atoms with Crippen LogP contribution in [0.1, 0.15) is 71.6 Å². The topological polar surface area (TPSA) is 37.3 Å². The molecular weight excluding hydrogens is 296 g/mol. The first-order valence-corrected chi connectivity index (χ1v) is 10.2. The zero-order valence-corrected chi connectivity index (χ0v) is 15.5. The monoisotopic (exact) mass is 330 g/mol. The zero-order chi connectivity index (χ0) is 17.1. The minimum absolute atomic E-state index is 0.0730. The van der Waals surface area contributed by atoms with E-state index in [1.54, 1.807) is 0 Å². The number of hydrogen-bond acceptors (Lipinski definition) is 2. The van der Waals surface area contributed by atoms with E-state index in [0.29, 0.717) is 29.0 Å². The van der Waals surface area contributed by atoms with Crippen LogP contribution >= 0.6 is 0 Å². The van der Waals surface area contributed by atoms with E-state index in [1.807, 2.05) is 6.92 Å². The SMILES string of the molecule is C=CC1CC[C@H]2[C@@H]3CC[C@H]4C[C@H](O)CC[C@]4(C)[C@H]3CCC12C(C)=O. The molecule has 0 heterocycles. The molecule has 4 saturated carbocycles. The molecule has 4 fully saturated rings. The lowest BCUT2D eigenvalue weighted by molar-refractivity contribution is -0.151. The molecule has 0 aliphatic heterocycles. The molecule has 0 amide bonds. The van der Waals surface area contributed by atoms with Gasteiger partial charge in [-0.25, -0.2) is 0 Å². The third-order valence-corrected chi connectivity index (χ3v) is 9.16. The normalized spacial score (nSPS) is 53.6. The summed E-state index contributed by atoms with van der Waals surface area (Å²) in [5.74, 6) is 3.61. The van der Waals surface area contributed by atoms with Crippen molar-refractivity contribution in [1.29, 1.82) is 0 Å². The molecule has 2 unspecified atom stereocenters. The van der Waals surface area contributed by atoms with Gasteiger partial charge in [-0.1, -0.05) is 13.0 Å². The standard InChI is InChI=1S/C22H34O2/c1-4-15-6-8-20-18-7-5-16-13-17(24)9-11-21(16,3)19(18)10-12-22(15,20)14(2)23/h4,15-20,24H,1,5-13H2,2-3H3/t15?,16-,17+,18+,19-,20-,21-,22?/m0/s1. The molecule has 0 saturated heterocycles. The number of fused-ring (bicyclic) bond motifs is 5. The number of hydrogen-bond donors (Lipinski definition) is 1. The van der Waals surface area contributed by atoms with Crippen LogP contribution in [-0.2, 0) is 4.79 Å². The molecule has 8 atom stereocenters. The van der Waals surface area contributed by atoms with Crippen LogP contribution in [0.3, 0.4) is 0 Å². The van der Waals surface area contributed by atoms with Gasteiger partial charge >= 0.3 is 0 Å². The lowest BCUT2D eigenvalue weighted by atomic mass is 9.44. The Bertz CT molecular complexity index is 540. The van der Waals surface area contributed by atoms with Crippen molar-refractivity contribution >= 4 is 5.78 Å². The molecule has 0 aromatic rings. The number of aliphatic hydroxyl groups is 1. The largest absolute Gasteiger partial charge is 0.393 e. The first kappa shape index (κ1) is 16.8. The Morgan fingerprint density at radius 2 is 1.88 bits per heavy atom. The molecule has 4 aliphatic carbocycles. The fourth-order valence-corrected chi connectivity index (χ4v) is 7.98. The van der Waals surface area contributed by atoms with E-state index >= 15 is 0 Å². The molecule has 0 aromatic heterocycles. The highest BCUT2D eigenvalue weighted by atomic mass is 16.3. The summed E-state index contributed by atoms with van der Waals surface area (Å²) in [4.78, 5) is 12.8. The first-order valence-electron chi connectivity index (χ1n) is 10.2. The van der Waals surface area contributed by atoms with Gasteiger partial charge in [-0.3, -0.25) is 4.79 Å². The summed E-state index contributed by atoms with van der Waals surface area (Å²) in [7, 11) is 0. The smallest absolute Gasteiger partial charge is 0.136 e. The predicted molar refractivity (Wildman–Crippen MR) is 96.4 cm³/mol. The van der Waals surface area contributed by atoms with Crippen LogP contribution in [0.25, 0.3) is 0 Å². The number of Topliss-reactive ketones (excluding diaryl/α,β-unsaturated/α-hetero) is 1. The van der Waals surface area contributed by atoms with Gasteiger partial charge in [-0.15, -0.1) is 6.58 Å². The van der Waals surface area contributed by atoms with E-state index in [1.165, 1.54) is 32.1 Å². The van der Waals surface area contributed by atoms with E-state index in [-0.39, 0.29) is 11.5 Å². The lowest BCUT2D eigenvalue weighted by Crippen LogP contribution is -2.55. The minimum Gasteiger partial charge on any atom is -0.393 e. The summed E-state index contributed by atoms with van der Waals surface area (Å²) in [6.45, 7) is 8.43. The molecule has 24 heavy (non-hydrogen) atoms. The predicted octanol–water partition coefficient (Wildman–Crippen LogP) is 4.76. The summed E-state index contributed by atoms with van der Waals surface area (Å²) in [5, 5.41) is 10.1. The zero-order valence-electron chi connectivity index (χ0n) is 15.5. The van der Waals surface area contributed by atoms with Gasteiger partial charge < -0.3 is 5.11 Å². The quantitative estimate of drug-likeness (QED) is 0.741. The van der Waals surface area contributed by atoms with Gasteiger partial charge in [0.25, 0.3) is 0 Å². The van der Waals surface area contributed by atoms with E-state index < -0.39 is 0 Å². The van der Waals surface area contributed by atoms with Crippen molar-refractivity contribution < 1.29 is 9.90 Å². The molecule has 1 N–H and O–H groups in total. The Morgan fingerprint density at radius 1 is 1.08 bits per heavy atom. The van der Waals surface area contributed by atoms with Crippen molar-refractivity contribution in [2.45, 2.75) is 77.7 Å². The van der Waals surface area contributed by atoms with Gasteiger partial charge in [0.1, 0.15) is 5.78 Å². The lowest BCUT2D eigenvalue weighted by Gasteiger charge is -2.60. The Kier molecular flexibility index (Phi) is 3.99. The summed E-state index contributed by atoms with van der Waals surface area (Å²) in [6.07, 6.45) is 12.4. The van der Waals surface area contributed by atoms with Crippen molar-refractivity contribution in [3.8, 4) is 0 Å². The second-order valence-corrected chi connectivity index (χ2v) is 9.64. The average molecular weight is 331 g/mol. The van der Waals surface area contributed by atoms with Crippen LogP contribution in [0.2, 0.25) is 0 Å². The highest BCUT2D eigenvalue weighted by molar-refractivity contribution is 5.84. The van der Waals surface area contributed by atoms with Gasteiger partial charge in [0, 0.05) is 5.41 Å². The number of carbonyl (C=O) groups is 1. The molecule has 0 bridgehead atoms. The molecule has 0 aromatic carbocycles. The fraction of sp³-hybridized carbons (Fsp3) is 0.864. The maximum Gasteiger partial charge on any atom is 0.136 e. The first-order chi connectivity index (χ1) is 11.4. The van der Waals surface area contributed by atoms with Crippen molar-refractivity contribution in [3.05, 3.63) is 12.7 Å². The number of aliphatic hydroxyl groups excluding tert-OH is 1. The van der Waals surface area contributed by atoms with Crippen molar-refractivity contribution in [3.63, 3.8) is 0 Å². The van der Waals surface area contributed by atoms with Crippen molar-refractivity contribution in [1.82, 2.24) is 0 Å². The van der Waals surface area contributed by atoms with Crippen LogP contribution in [-0.4, -0.2) is 17.0 Å². The third kappa shape index (κ3) is 2.08. The van der Waals surface area contributed by atoms with Crippen LogP contribution in [0.4, 0.5) is 0 Å². The Hall–Kier alpha value is -0.630. The van der Waals surface area contributed by atoms with E-state index in [0.717, 1.165) is 37.5 Å². The molecule has 2 nitrogen and oxygen atoms in total. The maximum absolute atomic E-state index is 12.8. The van der Waals surface area contributed by atoms with Crippen LogP contribution < -0.4 is 0 Å². The van der Waals surface area contributed by atoms with Gasteiger partial charge in [0.2, 0.25) is 0 Å². The molecule has 0 spiro atoms. The molecular formula is C22H34O2. The third-order valence-electron chi connectivity index (χ3n) is 9.16. The van der Waals surface area contributed by atoms with Gasteiger partial charge in [-0.05, 0) is 99.7 Å². The summed E-state index contributed by atoms with van der Waals surface area (Å²) >= 11 is 0. The molecule has 4 aliphatic rings. The number of ketones is 1. The highest BCUT2D eigenvalue weighted by Gasteiger charge is 2.62. The van der Waals surface area contributed by atoms with Gasteiger partial charge in [0.05, 0.1) is 6.10 Å². The number of carbonyl (C=O) groups excluding carboxylic acids is 1.